The number of H-pyrrole nitrogens is 1. The van der Waals surface area contributed by atoms with Crippen LogP contribution in [-0.2, 0) is 6.54 Å². The summed E-state index contributed by atoms with van der Waals surface area (Å²) in [6.45, 7) is 3.58. The molecule has 0 saturated carbocycles. The molecule has 0 radical (unpaired) electrons. The van der Waals surface area contributed by atoms with Gasteiger partial charge in [-0.3, -0.25) is 0 Å². The quantitative estimate of drug-likeness (QED) is 0.547. The van der Waals surface area contributed by atoms with Crippen molar-refractivity contribution in [1.29, 1.82) is 0 Å². The Bertz CT molecular complexity index is 970. The van der Waals surface area contributed by atoms with Crippen LogP contribution in [0, 0.1) is 6.92 Å². The maximum absolute atomic E-state index is 4.69. The van der Waals surface area contributed by atoms with Crippen molar-refractivity contribution >= 4 is 5.69 Å². The molecular formula is C21H21N5. The molecule has 4 rings (SSSR count). The molecule has 0 spiro atoms. The van der Waals surface area contributed by atoms with E-state index in [1.165, 1.54) is 0 Å². The van der Waals surface area contributed by atoms with Gasteiger partial charge in [0, 0.05) is 24.3 Å². The lowest BCUT2D eigenvalue weighted by Gasteiger charge is -2.11. The summed E-state index contributed by atoms with van der Waals surface area (Å²) >= 11 is 0. The highest BCUT2D eigenvalue weighted by molar-refractivity contribution is 5.76. The highest BCUT2D eigenvalue weighted by atomic mass is 15.1. The van der Waals surface area contributed by atoms with Crippen molar-refractivity contribution < 1.29 is 0 Å². The third-order valence-corrected chi connectivity index (χ3v) is 4.30. The van der Waals surface area contributed by atoms with E-state index < -0.39 is 0 Å². The first kappa shape index (κ1) is 16.1. The van der Waals surface area contributed by atoms with Crippen molar-refractivity contribution in [3.8, 4) is 22.6 Å². The number of aryl methyl sites for hydroxylation is 1. The minimum Gasteiger partial charge on any atom is -0.383 e. The van der Waals surface area contributed by atoms with Gasteiger partial charge in [0.25, 0.3) is 0 Å². The second kappa shape index (κ2) is 7.27. The molecule has 2 N–H and O–H groups in total. The predicted molar refractivity (Wildman–Crippen MR) is 105 cm³/mol. The van der Waals surface area contributed by atoms with Gasteiger partial charge in [-0.05, 0) is 19.1 Å². The lowest BCUT2D eigenvalue weighted by Crippen LogP contribution is -2.11. The Hall–Kier alpha value is -3.34. The first-order chi connectivity index (χ1) is 12.8. The lowest BCUT2D eigenvalue weighted by atomic mass is 10.1. The molecule has 5 nitrogen and oxygen atoms in total. The van der Waals surface area contributed by atoms with Crippen LogP contribution >= 0.6 is 0 Å². The molecule has 26 heavy (non-hydrogen) atoms. The van der Waals surface area contributed by atoms with E-state index in [0.717, 1.165) is 47.2 Å². The average Bonchev–Trinajstić information content (AvgIpc) is 3.29. The molecule has 0 unspecified atom stereocenters. The van der Waals surface area contributed by atoms with Crippen LogP contribution in [0.5, 0.6) is 0 Å². The summed E-state index contributed by atoms with van der Waals surface area (Å²) in [7, 11) is 0. The molecule has 4 aromatic rings. The molecule has 0 fully saturated rings. The van der Waals surface area contributed by atoms with Crippen LogP contribution in [0.3, 0.4) is 0 Å². The molecule has 0 aliphatic rings. The van der Waals surface area contributed by atoms with Gasteiger partial charge in [0.1, 0.15) is 5.82 Å². The molecule has 0 aliphatic carbocycles. The minimum atomic E-state index is 0.808. The number of benzene rings is 2. The van der Waals surface area contributed by atoms with Gasteiger partial charge in [0.15, 0.2) is 0 Å². The molecule has 0 aliphatic heterocycles. The van der Waals surface area contributed by atoms with Crippen LogP contribution in [-0.4, -0.2) is 26.1 Å². The number of aromatic amines is 1. The molecule has 0 atom stereocenters. The third kappa shape index (κ3) is 3.37. The number of nitrogens with one attached hydrogen (secondary N) is 2. The van der Waals surface area contributed by atoms with E-state index >= 15 is 0 Å². The SMILES string of the molecule is Cc1ncc(-c2c(-c3ccccc3)ncn2CCNc2ccccc2)[nH]1. The van der Waals surface area contributed by atoms with Gasteiger partial charge < -0.3 is 14.9 Å². The van der Waals surface area contributed by atoms with Crippen LogP contribution in [0.1, 0.15) is 5.82 Å². The Morgan fingerprint density at radius 1 is 0.962 bits per heavy atom. The Morgan fingerprint density at radius 2 is 1.69 bits per heavy atom. The topological polar surface area (TPSA) is 58.5 Å². The predicted octanol–water partition coefficient (Wildman–Crippen LogP) is 4.36. The molecule has 130 valence electrons. The number of hydrogen-bond acceptors (Lipinski definition) is 3. The fourth-order valence-electron chi connectivity index (χ4n) is 3.06. The van der Waals surface area contributed by atoms with Crippen molar-refractivity contribution in [2.75, 3.05) is 11.9 Å². The normalized spacial score (nSPS) is 10.8. The van der Waals surface area contributed by atoms with Crippen molar-refractivity contribution in [3.05, 3.63) is 79.0 Å². The zero-order chi connectivity index (χ0) is 17.8. The summed E-state index contributed by atoms with van der Waals surface area (Å²) < 4.78 is 2.17. The molecule has 0 saturated heterocycles. The standard InChI is InChI=1S/C21H21N5/c1-16-23-14-19(25-16)21-20(17-8-4-2-5-9-17)24-15-26(21)13-12-22-18-10-6-3-7-11-18/h2-11,14-15,22H,12-13H2,1H3,(H,23,25). The summed E-state index contributed by atoms with van der Waals surface area (Å²) in [6.07, 6.45) is 3.78. The van der Waals surface area contributed by atoms with Gasteiger partial charge in [-0.1, -0.05) is 48.5 Å². The summed E-state index contributed by atoms with van der Waals surface area (Å²) in [6, 6.07) is 20.5. The minimum absolute atomic E-state index is 0.808. The van der Waals surface area contributed by atoms with Gasteiger partial charge in [-0.15, -0.1) is 0 Å². The van der Waals surface area contributed by atoms with Crippen molar-refractivity contribution in [1.82, 2.24) is 19.5 Å². The maximum atomic E-state index is 4.69. The second-order valence-electron chi connectivity index (χ2n) is 6.18. The largest absolute Gasteiger partial charge is 0.383 e. The van der Waals surface area contributed by atoms with Gasteiger partial charge in [-0.2, -0.15) is 0 Å². The van der Waals surface area contributed by atoms with Crippen LogP contribution in [0.15, 0.2) is 73.2 Å². The summed E-state index contributed by atoms with van der Waals surface area (Å²) in [5.41, 5.74) is 5.23. The fraction of sp³-hybridized carbons (Fsp3) is 0.143. The van der Waals surface area contributed by atoms with Gasteiger partial charge >= 0.3 is 0 Å². The average molecular weight is 343 g/mol. The zero-order valence-electron chi connectivity index (χ0n) is 14.7. The molecule has 5 heteroatoms. The van der Waals surface area contributed by atoms with E-state index in [9.17, 15) is 0 Å². The molecular weight excluding hydrogens is 322 g/mol. The molecule has 0 amide bonds. The fourth-order valence-corrected chi connectivity index (χ4v) is 3.06. The Labute approximate surface area is 152 Å². The number of rotatable bonds is 6. The maximum Gasteiger partial charge on any atom is 0.103 e. The van der Waals surface area contributed by atoms with E-state index in [2.05, 4.69) is 49.1 Å². The van der Waals surface area contributed by atoms with Gasteiger partial charge in [0.2, 0.25) is 0 Å². The number of hydrogen-bond donors (Lipinski definition) is 2. The highest BCUT2D eigenvalue weighted by Crippen LogP contribution is 2.30. The van der Waals surface area contributed by atoms with E-state index in [-0.39, 0.29) is 0 Å². The molecule has 2 aromatic heterocycles. The Balaban J connectivity index is 1.63. The third-order valence-electron chi connectivity index (χ3n) is 4.30. The van der Waals surface area contributed by atoms with E-state index in [0.29, 0.717) is 0 Å². The first-order valence-corrected chi connectivity index (χ1v) is 8.73. The van der Waals surface area contributed by atoms with Crippen molar-refractivity contribution in [2.24, 2.45) is 0 Å². The van der Waals surface area contributed by atoms with Crippen LogP contribution in [0.25, 0.3) is 22.6 Å². The number of para-hydroxylation sites is 1. The summed E-state index contributed by atoms with van der Waals surface area (Å²) in [4.78, 5) is 12.4. The first-order valence-electron chi connectivity index (χ1n) is 8.73. The Morgan fingerprint density at radius 3 is 2.38 bits per heavy atom. The van der Waals surface area contributed by atoms with E-state index in [4.69, 9.17) is 0 Å². The number of imidazole rings is 2. The smallest absolute Gasteiger partial charge is 0.103 e. The number of aromatic nitrogens is 4. The number of nitrogens with zero attached hydrogens (tertiary/aromatic N) is 3. The van der Waals surface area contributed by atoms with Crippen molar-refractivity contribution in [3.63, 3.8) is 0 Å². The van der Waals surface area contributed by atoms with Crippen LogP contribution in [0.4, 0.5) is 5.69 Å². The summed E-state index contributed by atoms with van der Waals surface area (Å²) in [5, 5.41) is 3.45. The highest BCUT2D eigenvalue weighted by Gasteiger charge is 2.16. The molecule has 2 aromatic carbocycles. The Kier molecular flexibility index (Phi) is 4.51. The molecule has 0 bridgehead atoms. The monoisotopic (exact) mass is 343 g/mol. The second-order valence-corrected chi connectivity index (χ2v) is 6.18. The lowest BCUT2D eigenvalue weighted by molar-refractivity contribution is 0.732. The number of anilines is 1. The van der Waals surface area contributed by atoms with Gasteiger partial charge in [-0.25, -0.2) is 9.97 Å². The van der Waals surface area contributed by atoms with Crippen LogP contribution in [0.2, 0.25) is 0 Å². The van der Waals surface area contributed by atoms with Crippen LogP contribution < -0.4 is 5.32 Å². The van der Waals surface area contributed by atoms with Crippen molar-refractivity contribution in [2.45, 2.75) is 13.5 Å². The van der Waals surface area contributed by atoms with E-state index in [1.807, 2.05) is 55.8 Å². The van der Waals surface area contributed by atoms with E-state index in [1.54, 1.807) is 0 Å². The summed E-state index contributed by atoms with van der Waals surface area (Å²) in [5.74, 6) is 0.897. The zero-order valence-corrected chi connectivity index (χ0v) is 14.7. The molecule has 2 heterocycles. The van der Waals surface area contributed by atoms with Gasteiger partial charge in [0.05, 0.1) is 29.6 Å².